The summed E-state index contributed by atoms with van der Waals surface area (Å²) < 4.78 is 4.47. The van der Waals surface area contributed by atoms with Gasteiger partial charge in [-0.15, -0.1) is 29.8 Å². The largest absolute Gasteiger partial charge is 0.507 e. The predicted octanol–water partition coefficient (Wildman–Crippen LogP) is 15.0. The summed E-state index contributed by atoms with van der Waals surface area (Å²) in [6.07, 6.45) is 1.93. The maximum absolute atomic E-state index is 10.7. The van der Waals surface area contributed by atoms with Gasteiger partial charge in [-0.25, -0.2) is 4.98 Å². The summed E-state index contributed by atoms with van der Waals surface area (Å²) in [7, 11) is 1.99. The maximum atomic E-state index is 10.7. The number of aryl methyl sites for hydroxylation is 2. The first-order valence-electron chi connectivity index (χ1n) is 22.0. The Balaban J connectivity index is 0.00000560. The number of hydrogen-bond acceptors (Lipinski definition) is 3. The second-order valence-corrected chi connectivity index (χ2v) is 20.3. The molecule has 3 heterocycles. The number of phenols is 1. The standard InChI is InChI=1S/C58H57N4O.Pt/c1-36-27-42-31-45(58(8,9)10)35-49(54(42)62(36)46-20-15-17-37(32-46)41-29-43(56(2,3)4)34-44(30-41)57(5,6)7)39-25-26-59-50(33-39)40-19-14-18-38(28-40)47-22-16-23-51-53(47)60-55(61(51)11)48-21-12-13-24-52(48)63;/h12-27,29-35,63H,1-11H3;/q-1;. The van der Waals surface area contributed by atoms with Crippen LogP contribution in [0.4, 0.5) is 0 Å². The third-order valence-corrected chi connectivity index (χ3v) is 12.5. The Bertz CT molecular complexity index is 3190. The topological polar surface area (TPSA) is 55.9 Å². The van der Waals surface area contributed by atoms with Crippen LogP contribution in [0.1, 0.15) is 84.7 Å². The minimum atomic E-state index is -0.0642. The van der Waals surface area contributed by atoms with Gasteiger partial charge in [-0.2, -0.15) is 0 Å². The molecule has 9 rings (SSSR count). The molecule has 0 fully saturated rings. The van der Waals surface area contributed by atoms with Crippen LogP contribution in [0.2, 0.25) is 0 Å². The molecule has 0 bridgehead atoms. The first kappa shape index (κ1) is 44.6. The molecule has 0 aliphatic carbocycles. The van der Waals surface area contributed by atoms with Crippen molar-refractivity contribution in [2.24, 2.45) is 7.05 Å². The van der Waals surface area contributed by atoms with Crippen LogP contribution in [0.15, 0.2) is 140 Å². The Morgan fingerprint density at radius 3 is 1.91 bits per heavy atom. The molecule has 0 atom stereocenters. The van der Waals surface area contributed by atoms with Crippen molar-refractivity contribution < 1.29 is 26.2 Å². The molecule has 3 aromatic heterocycles. The summed E-state index contributed by atoms with van der Waals surface area (Å²) in [4.78, 5) is 10.0. The van der Waals surface area contributed by atoms with E-state index in [0.29, 0.717) is 11.4 Å². The zero-order valence-electron chi connectivity index (χ0n) is 38.8. The van der Waals surface area contributed by atoms with Crippen LogP contribution >= 0.6 is 0 Å². The van der Waals surface area contributed by atoms with Crippen LogP contribution < -0.4 is 0 Å². The van der Waals surface area contributed by atoms with Gasteiger partial charge < -0.3 is 14.2 Å². The molecule has 0 saturated heterocycles. The number of para-hydroxylation sites is 2. The molecule has 1 N–H and O–H groups in total. The van der Waals surface area contributed by atoms with Gasteiger partial charge in [0.1, 0.15) is 11.6 Å². The predicted molar refractivity (Wildman–Crippen MR) is 264 cm³/mol. The normalized spacial score (nSPS) is 12.2. The van der Waals surface area contributed by atoms with E-state index in [9.17, 15) is 5.11 Å². The van der Waals surface area contributed by atoms with E-state index in [-0.39, 0.29) is 43.1 Å². The Kier molecular flexibility index (Phi) is 11.5. The minimum Gasteiger partial charge on any atom is -0.507 e. The Labute approximate surface area is 393 Å². The molecule has 0 aliphatic heterocycles. The molecular formula is C58H57N4OPt-. The first-order chi connectivity index (χ1) is 29.8. The van der Waals surface area contributed by atoms with Crippen LogP contribution in [0, 0.1) is 13.0 Å². The molecule has 0 spiro atoms. The van der Waals surface area contributed by atoms with E-state index in [1.807, 2.05) is 36.0 Å². The van der Waals surface area contributed by atoms with Gasteiger partial charge in [0.15, 0.2) is 0 Å². The van der Waals surface area contributed by atoms with Gasteiger partial charge in [-0.05, 0) is 111 Å². The van der Waals surface area contributed by atoms with Gasteiger partial charge in [0.05, 0.1) is 22.1 Å². The molecule has 0 aliphatic rings. The monoisotopic (exact) mass is 1020 g/mol. The second-order valence-electron chi connectivity index (χ2n) is 20.3. The smallest absolute Gasteiger partial charge is 0.143 e. The molecule has 0 radical (unpaired) electrons. The van der Waals surface area contributed by atoms with Crippen LogP contribution in [0.3, 0.4) is 0 Å². The van der Waals surface area contributed by atoms with E-state index in [0.717, 1.165) is 50.2 Å². The number of nitrogens with zero attached hydrogens (tertiary/aromatic N) is 4. The van der Waals surface area contributed by atoms with Crippen molar-refractivity contribution >= 4 is 21.9 Å². The average Bonchev–Trinajstić information content (AvgIpc) is 3.77. The van der Waals surface area contributed by atoms with E-state index < -0.39 is 0 Å². The Morgan fingerprint density at radius 1 is 0.562 bits per heavy atom. The van der Waals surface area contributed by atoms with Gasteiger partial charge in [-0.3, -0.25) is 4.98 Å². The van der Waals surface area contributed by atoms with Gasteiger partial charge in [0, 0.05) is 62.3 Å². The van der Waals surface area contributed by atoms with Crippen molar-refractivity contribution in [3.8, 4) is 67.5 Å². The zero-order chi connectivity index (χ0) is 44.6. The zero-order valence-corrected chi connectivity index (χ0v) is 41.1. The van der Waals surface area contributed by atoms with Gasteiger partial charge in [-0.1, -0.05) is 134 Å². The molecule has 5 nitrogen and oxygen atoms in total. The second kappa shape index (κ2) is 16.5. The number of benzene rings is 6. The van der Waals surface area contributed by atoms with Crippen molar-refractivity contribution in [1.29, 1.82) is 0 Å². The molecule has 9 aromatic rings. The van der Waals surface area contributed by atoms with E-state index in [2.05, 4.69) is 189 Å². The van der Waals surface area contributed by atoms with Crippen molar-refractivity contribution in [1.82, 2.24) is 19.1 Å². The minimum absolute atomic E-state index is 0. The number of imidazole rings is 1. The molecule has 0 amide bonds. The SMILES string of the molecule is Cc1cc2cc(C(C)(C)C)cc(-c3ccnc(-c4[c-]c(-c5cccc6c5nc(-c5ccccc5O)n6C)ccc4)c3)c2n1-c1cccc(-c2cc(C(C)(C)C)cc(C(C)(C)C)c2)c1.[Pt]. The maximum Gasteiger partial charge on any atom is 0.143 e. The molecule has 326 valence electrons. The van der Waals surface area contributed by atoms with E-state index in [1.54, 1.807) is 6.07 Å². The number of aromatic hydroxyl groups is 1. The molecule has 0 unspecified atom stereocenters. The fourth-order valence-electron chi connectivity index (χ4n) is 8.81. The van der Waals surface area contributed by atoms with Crippen LogP contribution in [-0.4, -0.2) is 24.2 Å². The summed E-state index contributed by atoms with van der Waals surface area (Å²) in [5, 5.41) is 11.9. The molecular weight excluding hydrogens is 964 g/mol. The number of rotatable bonds is 6. The summed E-state index contributed by atoms with van der Waals surface area (Å²) in [5.41, 5.74) is 18.3. The summed E-state index contributed by atoms with van der Waals surface area (Å²) in [5.74, 6) is 0.913. The third-order valence-electron chi connectivity index (χ3n) is 12.5. The summed E-state index contributed by atoms with van der Waals surface area (Å²) in [6.45, 7) is 22.9. The van der Waals surface area contributed by atoms with Crippen molar-refractivity contribution in [3.05, 3.63) is 168 Å². The fraction of sp³-hybridized carbons (Fsp3) is 0.241. The quantitative estimate of drug-likeness (QED) is 0.169. The summed E-state index contributed by atoms with van der Waals surface area (Å²) >= 11 is 0. The molecule has 0 saturated carbocycles. The van der Waals surface area contributed by atoms with Crippen molar-refractivity contribution in [2.45, 2.75) is 85.5 Å². The third kappa shape index (κ3) is 8.27. The average molecular weight is 1020 g/mol. The van der Waals surface area contributed by atoms with Gasteiger partial charge in [0.25, 0.3) is 0 Å². The van der Waals surface area contributed by atoms with Crippen LogP contribution in [-0.2, 0) is 44.4 Å². The fourth-order valence-corrected chi connectivity index (χ4v) is 8.81. The van der Waals surface area contributed by atoms with Gasteiger partial charge in [0.2, 0.25) is 0 Å². The molecule has 6 heteroatoms. The summed E-state index contributed by atoms with van der Waals surface area (Å²) in [6, 6.07) is 51.2. The number of fused-ring (bicyclic) bond motifs is 2. The number of phenolic OH excluding ortho intramolecular Hbond substituents is 1. The number of hydrogen-bond donors (Lipinski definition) is 1. The van der Waals surface area contributed by atoms with E-state index in [4.69, 9.17) is 9.97 Å². The number of aromatic nitrogens is 4. The van der Waals surface area contributed by atoms with Crippen LogP contribution in [0.25, 0.3) is 83.6 Å². The molecule has 6 aromatic carbocycles. The number of pyridine rings is 1. The van der Waals surface area contributed by atoms with E-state index in [1.165, 1.54) is 44.4 Å². The van der Waals surface area contributed by atoms with E-state index >= 15 is 0 Å². The van der Waals surface area contributed by atoms with Crippen molar-refractivity contribution in [2.75, 3.05) is 0 Å². The van der Waals surface area contributed by atoms with Crippen LogP contribution in [0.5, 0.6) is 5.75 Å². The Hall–Kier alpha value is -6.03. The van der Waals surface area contributed by atoms with Gasteiger partial charge >= 0.3 is 0 Å². The first-order valence-corrected chi connectivity index (χ1v) is 22.0. The Morgan fingerprint density at radius 2 is 1.20 bits per heavy atom. The van der Waals surface area contributed by atoms with Crippen molar-refractivity contribution in [3.63, 3.8) is 0 Å². The molecule has 64 heavy (non-hydrogen) atoms.